The molecule has 0 aliphatic rings. The number of amides is 1. The Hall–Kier alpha value is -3.58. The molecule has 30 heavy (non-hydrogen) atoms. The van der Waals surface area contributed by atoms with Crippen molar-refractivity contribution in [2.24, 2.45) is 5.84 Å². The van der Waals surface area contributed by atoms with Crippen LogP contribution >= 0.6 is 0 Å². The number of methoxy groups -OCH3 is 2. The lowest BCUT2D eigenvalue weighted by atomic mass is 9.96. The Morgan fingerprint density at radius 3 is 2.43 bits per heavy atom. The van der Waals surface area contributed by atoms with E-state index in [-0.39, 0.29) is 11.3 Å². The number of benzene rings is 2. The Labute approximate surface area is 176 Å². The van der Waals surface area contributed by atoms with Crippen LogP contribution in [-0.2, 0) is 11.2 Å². The molecule has 0 bridgehead atoms. The predicted octanol–water partition coefficient (Wildman–Crippen LogP) is 4.12. The van der Waals surface area contributed by atoms with Crippen LogP contribution in [-0.4, -0.2) is 26.3 Å². The van der Waals surface area contributed by atoms with Crippen LogP contribution in [0.15, 0.2) is 48.6 Å². The molecule has 0 aromatic heterocycles. The molecule has 7 heteroatoms. The smallest absolute Gasteiger partial charge is 0.426 e. The Kier molecular flexibility index (Phi) is 8.19. The summed E-state index contributed by atoms with van der Waals surface area (Å²) in [6, 6.07) is 11.3. The van der Waals surface area contributed by atoms with Crippen molar-refractivity contribution in [3.63, 3.8) is 0 Å². The first kappa shape index (κ1) is 22.7. The summed E-state index contributed by atoms with van der Waals surface area (Å²) in [5, 5.41) is 0. The fraction of sp³-hybridized carbons (Fsp3) is 0.217. The lowest BCUT2D eigenvalue weighted by Crippen LogP contribution is -2.33. The van der Waals surface area contributed by atoms with Crippen molar-refractivity contribution in [2.45, 2.75) is 19.8 Å². The molecule has 158 valence electrons. The molecule has 7 nitrogen and oxygen atoms in total. The Balaban J connectivity index is 2.72. The fourth-order valence-corrected chi connectivity index (χ4v) is 2.88. The van der Waals surface area contributed by atoms with E-state index in [4.69, 9.17) is 20.1 Å². The second-order valence-electron chi connectivity index (χ2n) is 6.58. The third kappa shape index (κ3) is 5.71. The van der Waals surface area contributed by atoms with Gasteiger partial charge in [0.2, 0.25) is 0 Å². The zero-order valence-corrected chi connectivity index (χ0v) is 17.4. The zero-order chi connectivity index (χ0) is 22.1. The highest BCUT2D eigenvalue weighted by Crippen LogP contribution is 2.38. The Bertz CT molecular complexity index is 952. The number of ether oxygens (including phenoxy) is 3. The Morgan fingerprint density at radius 1 is 1.17 bits per heavy atom. The lowest BCUT2D eigenvalue weighted by molar-refractivity contribution is 0.0597. The average Bonchev–Trinajstić information content (AvgIpc) is 2.76. The highest BCUT2D eigenvalue weighted by Gasteiger charge is 2.26. The van der Waals surface area contributed by atoms with Gasteiger partial charge in [-0.15, -0.1) is 6.58 Å². The summed E-state index contributed by atoms with van der Waals surface area (Å²) >= 11 is 0. The molecule has 0 radical (unpaired) electrons. The van der Waals surface area contributed by atoms with E-state index in [0.717, 1.165) is 11.1 Å². The Morgan fingerprint density at radius 2 is 1.87 bits per heavy atom. The second-order valence-corrected chi connectivity index (χ2v) is 6.58. The number of allylic oxidation sites excluding steroid dienone is 1. The molecule has 0 heterocycles. The number of hydrogen-bond acceptors (Lipinski definition) is 6. The van der Waals surface area contributed by atoms with E-state index in [0.29, 0.717) is 29.7 Å². The van der Waals surface area contributed by atoms with Gasteiger partial charge in [-0.05, 0) is 37.0 Å². The fourth-order valence-electron chi connectivity index (χ4n) is 2.88. The number of nitrogens with one attached hydrogen (secondary N) is 1. The van der Waals surface area contributed by atoms with Crippen LogP contribution in [0.5, 0.6) is 11.5 Å². The molecule has 2 rings (SSSR count). The number of carbonyl (C=O) groups is 2. The van der Waals surface area contributed by atoms with Crippen molar-refractivity contribution in [3.05, 3.63) is 70.8 Å². The number of hydrogen-bond donors (Lipinski definition) is 2. The van der Waals surface area contributed by atoms with Crippen molar-refractivity contribution in [1.29, 1.82) is 0 Å². The maximum atomic E-state index is 12.7. The maximum absolute atomic E-state index is 12.7. The monoisotopic (exact) mass is 410 g/mol. The van der Waals surface area contributed by atoms with Crippen molar-refractivity contribution < 1.29 is 23.8 Å². The minimum absolute atomic E-state index is 0.0399. The predicted molar refractivity (Wildman–Crippen MR) is 116 cm³/mol. The van der Waals surface area contributed by atoms with Crippen molar-refractivity contribution in [1.82, 2.24) is 5.43 Å². The molecule has 2 aromatic rings. The van der Waals surface area contributed by atoms with Gasteiger partial charge >= 0.3 is 12.1 Å². The SMILES string of the molecule is C=C(C)CCc1c(OC)cc(/C=C/c2ccccc2)c(C(=O)OC)c1OC(=O)NN. The van der Waals surface area contributed by atoms with Gasteiger partial charge in [-0.3, -0.25) is 5.43 Å². The van der Waals surface area contributed by atoms with Gasteiger partial charge in [-0.2, -0.15) is 0 Å². The molecule has 3 N–H and O–H groups in total. The molecule has 0 fully saturated rings. The quantitative estimate of drug-likeness (QED) is 0.170. The highest BCUT2D eigenvalue weighted by molar-refractivity contribution is 5.99. The van der Waals surface area contributed by atoms with Crippen LogP contribution in [0.3, 0.4) is 0 Å². The standard InChI is InChI=1S/C23H26N2O5/c1-15(2)10-13-18-19(28-3)14-17(12-11-16-8-6-5-7-9-16)20(22(26)29-4)21(18)30-23(27)25-24/h5-9,11-12,14H,1,10,13,24H2,2-4H3,(H,25,27)/b12-11+. The van der Waals surface area contributed by atoms with Crippen LogP contribution in [0.25, 0.3) is 12.2 Å². The van der Waals surface area contributed by atoms with Crippen LogP contribution in [0.4, 0.5) is 4.79 Å². The molecule has 0 spiro atoms. The summed E-state index contributed by atoms with van der Waals surface area (Å²) in [5.74, 6) is 5.05. The summed E-state index contributed by atoms with van der Waals surface area (Å²) < 4.78 is 15.9. The largest absolute Gasteiger partial charge is 0.496 e. The summed E-state index contributed by atoms with van der Waals surface area (Å²) in [6.07, 6.45) is 3.71. The zero-order valence-electron chi connectivity index (χ0n) is 17.4. The first-order chi connectivity index (χ1) is 14.4. The van der Waals surface area contributed by atoms with E-state index in [1.54, 1.807) is 12.1 Å². The first-order valence-corrected chi connectivity index (χ1v) is 9.29. The number of nitrogens with two attached hydrogens (primary N) is 1. The van der Waals surface area contributed by atoms with Gasteiger partial charge < -0.3 is 14.2 Å². The van der Waals surface area contributed by atoms with Crippen molar-refractivity contribution >= 4 is 24.2 Å². The number of esters is 1. The topological polar surface area (TPSA) is 99.9 Å². The summed E-state index contributed by atoms with van der Waals surface area (Å²) in [5.41, 5.74) is 4.89. The summed E-state index contributed by atoms with van der Waals surface area (Å²) in [7, 11) is 2.77. The van der Waals surface area contributed by atoms with Crippen molar-refractivity contribution in [2.75, 3.05) is 14.2 Å². The second kappa shape index (κ2) is 10.8. The normalized spacial score (nSPS) is 10.5. The minimum Gasteiger partial charge on any atom is -0.496 e. The molecule has 0 aliphatic carbocycles. The molecule has 0 aliphatic heterocycles. The van der Waals surface area contributed by atoms with Crippen molar-refractivity contribution in [3.8, 4) is 11.5 Å². The minimum atomic E-state index is -0.914. The van der Waals surface area contributed by atoms with Gasteiger partial charge in [0, 0.05) is 5.56 Å². The maximum Gasteiger partial charge on any atom is 0.426 e. The van der Waals surface area contributed by atoms with Gasteiger partial charge in [0.25, 0.3) is 0 Å². The van der Waals surface area contributed by atoms with Crippen LogP contribution in [0.2, 0.25) is 0 Å². The summed E-state index contributed by atoms with van der Waals surface area (Å²) in [6.45, 7) is 5.79. The van der Waals surface area contributed by atoms with E-state index in [9.17, 15) is 9.59 Å². The molecule has 0 atom stereocenters. The molecular formula is C23H26N2O5. The average molecular weight is 410 g/mol. The van der Waals surface area contributed by atoms with E-state index in [2.05, 4.69) is 6.58 Å². The molecule has 1 amide bonds. The highest BCUT2D eigenvalue weighted by atomic mass is 16.6. The van der Waals surface area contributed by atoms with Gasteiger partial charge in [0.15, 0.2) is 5.75 Å². The molecule has 0 saturated heterocycles. The lowest BCUT2D eigenvalue weighted by Gasteiger charge is -2.19. The van der Waals surface area contributed by atoms with Gasteiger partial charge in [-0.25, -0.2) is 15.4 Å². The van der Waals surface area contributed by atoms with Crippen LogP contribution in [0, 0.1) is 0 Å². The van der Waals surface area contributed by atoms with E-state index >= 15 is 0 Å². The number of hydrazine groups is 1. The van der Waals surface area contributed by atoms with E-state index in [1.807, 2.05) is 48.8 Å². The van der Waals surface area contributed by atoms with Crippen LogP contribution < -0.4 is 20.7 Å². The molecule has 0 saturated carbocycles. The van der Waals surface area contributed by atoms with E-state index < -0.39 is 12.1 Å². The first-order valence-electron chi connectivity index (χ1n) is 9.29. The number of rotatable bonds is 8. The van der Waals surface area contributed by atoms with Gasteiger partial charge in [-0.1, -0.05) is 48.1 Å². The van der Waals surface area contributed by atoms with Crippen LogP contribution in [0.1, 0.15) is 40.4 Å². The van der Waals surface area contributed by atoms with Gasteiger partial charge in [0.05, 0.1) is 14.2 Å². The molecular weight excluding hydrogens is 384 g/mol. The third-order valence-corrected chi connectivity index (χ3v) is 4.35. The number of carbonyl (C=O) groups excluding carboxylic acids is 2. The van der Waals surface area contributed by atoms with Gasteiger partial charge in [0.1, 0.15) is 11.3 Å². The van der Waals surface area contributed by atoms with E-state index in [1.165, 1.54) is 14.2 Å². The molecule has 2 aromatic carbocycles. The summed E-state index contributed by atoms with van der Waals surface area (Å²) in [4.78, 5) is 24.6. The third-order valence-electron chi connectivity index (χ3n) is 4.35. The molecule has 0 unspecified atom stereocenters.